The van der Waals surface area contributed by atoms with E-state index < -0.39 is 0 Å². The van der Waals surface area contributed by atoms with Gasteiger partial charge in [0.25, 0.3) is 0 Å². The van der Waals surface area contributed by atoms with Gasteiger partial charge >= 0.3 is 0 Å². The Morgan fingerprint density at radius 2 is 2.27 bits per heavy atom. The monoisotopic (exact) mass is 324 g/mol. The summed E-state index contributed by atoms with van der Waals surface area (Å²) in [6, 6.07) is 7.82. The van der Waals surface area contributed by atoms with E-state index in [1.807, 2.05) is 18.2 Å². The van der Waals surface area contributed by atoms with Gasteiger partial charge in [-0.1, -0.05) is 23.7 Å². The number of carbonyl (C=O) groups excluding carboxylic acids is 1. The maximum atomic E-state index is 12.1. The normalized spacial score (nSPS) is 20.2. The fourth-order valence-corrected chi connectivity index (χ4v) is 2.84. The van der Waals surface area contributed by atoms with E-state index >= 15 is 0 Å². The number of rotatable bonds is 9. The summed E-state index contributed by atoms with van der Waals surface area (Å²) in [6.07, 6.45) is 1.89. The van der Waals surface area contributed by atoms with Crippen molar-refractivity contribution < 1.29 is 9.53 Å². The van der Waals surface area contributed by atoms with Gasteiger partial charge in [0.05, 0.1) is 6.61 Å². The molecule has 22 heavy (non-hydrogen) atoms. The molecule has 0 aliphatic heterocycles. The van der Waals surface area contributed by atoms with E-state index in [4.69, 9.17) is 16.3 Å². The number of likely N-dealkylation sites (N-methyl/N-ethyl adjacent to an activating group) is 1. The maximum Gasteiger partial charge on any atom is 0.223 e. The number of hydrogen-bond donors (Lipinski definition) is 1. The predicted octanol–water partition coefficient (Wildman–Crippen LogP) is 2.53. The van der Waals surface area contributed by atoms with E-state index in [9.17, 15) is 4.79 Å². The Hall–Kier alpha value is -1.10. The largest absolute Gasteiger partial charge is 0.383 e. The van der Waals surface area contributed by atoms with Gasteiger partial charge in [0.15, 0.2) is 0 Å². The fraction of sp³-hybridized carbons (Fsp3) is 0.588. The molecule has 4 nitrogen and oxygen atoms in total. The Morgan fingerprint density at radius 3 is 3.00 bits per heavy atom. The zero-order valence-electron chi connectivity index (χ0n) is 13.3. The van der Waals surface area contributed by atoms with Gasteiger partial charge in [0.1, 0.15) is 0 Å². The molecule has 1 N–H and O–H groups in total. The third-order valence-corrected chi connectivity index (χ3v) is 4.33. The van der Waals surface area contributed by atoms with Crippen LogP contribution in [0.25, 0.3) is 0 Å². The van der Waals surface area contributed by atoms with E-state index in [1.54, 1.807) is 7.11 Å². The first-order valence-electron chi connectivity index (χ1n) is 7.82. The summed E-state index contributed by atoms with van der Waals surface area (Å²) in [5.41, 5.74) is 1.17. The summed E-state index contributed by atoms with van der Waals surface area (Å²) >= 11 is 6.00. The van der Waals surface area contributed by atoms with Crippen LogP contribution in [-0.2, 0) is 9.53 Å². The lowest BCUT2D eigenvalue weighted by Crippen LogP contribution is -2.30. The summed E-state index contributed by atoms with van der Waals surface area (Å²) in [7, 11) is 3.77. The Labute approximate surface area is 137 Å². The van der Waals surface area contributed by atoms with Crippen LogP contribution in [0.5, 0.6) is 0 Å². The second-order valence-electron chi connectivity index (χ2n) is 5.94. The minimum absolute atomic E-state index is 0.115. The molecule has 2 atom stereocenters. The zero-order valence-corrected chi connectivity index (χ0v) is 14.1. The lowest BCUT2D eigenvalue weighted by Gasteiger charge is -2.15. The first-order valence-corrected chi connectivity index (χ1v) is 8.20. The molecule has 2 rings (SSSR count). The van der Waals surface area contributed by atoms with Crippen molar-refractivity contribution >= 4 is 17.5 Å². The summed E-state index contributed by atoms with van der Waals surface area (Å²) in [5, 5.41) is 3.78. The molecule has 0 spiro atoms. The molecule has 1 fully saturated rings. The molecule has 0 radical (unpaired) electrons. The van der Waals surface area contributed by atoms with Crippen molar-refractivity contribution in [3.05, 3.63) is 34.9 Å². The molecule has 0 bridgehead atoms. The Kier molecular flexibility index (Phi) is 6.68. The van der Waals surface area contributed by atoms with Crippen LogP contribution in [0.15, 0.2) is 24.3 Å². The van der Waals surface area contributed by atoms with Crippen LogP contribution in [0.3, 0.4) is 0 Å². The van der Waals surface area contributed by atoms with Crippen LogP contribution < -0.4 is 5.32 Å². The van der Waals surface area contributed by atoms with Crippen LogP contribution in [0, 0.1) is 5.92 Å². The smallest absolute Gasteiger partial charge is 0.223 e. The quantitative estimate of drug-likeness (QED) is 0.710. The molecule has 1 amide bonds. The Morgan fingerprint density at radius 1 is 1.45 bits per heavy atom. The van der Waals surface area contributed by atoms with Gasteiger partial charge in [-0.3, -0.25) is 4.79 Å². The molecular formula is C17H25ClN2O2. The standard InChI is InChI=1S/C17H25ClN2O2/c1-20(9-10-22-2)8-4-7-19-17(21)16-12-15(16)13-5-3-6-14(18)11-13/h3,5-6,11,15-16H,4,7-10,12H2,1-2H3,(H,19,21)/t15-,16-/m0/s1. The maximum absolute atomic E-state index is 12.1. The van der Waals surface area contributed by atoms with E-state index in [0.717, 1.165) is 44.1 Å². The number of nitrogens with one attached hydrogen (secondary N) is 1. The summed E-state index contributed by atoms with van der Waals surface area (Å²) in [5.74, 6) is 0.622. The average Bonchev–Trinajstić information content (AvgIpc) is 3.30. The van der Waals surface area contributed by atoms with Crippen molar-refractivity contribution in [2.45, 2.75) is 18.8 Å². The molecular weight excluding hydrogens is 300 g/mol. The fourth-order valence-electron chi connectivity index (χ4n) is 2.64. The molecule has 5 heteroatoms. The molecule has 0 heterocycles. The molecule has 0 saturated heterocycles. The second-order valence-corrected chi connectivity index (χ2v) is 6.38. The first-order chi connectivity index (χ1) is 10.6. The zero-order chi connectivity index (χ0) is 15.9. The van der Waals surface area contributed by atoms with Crippen molar-refractivity contribution in [2.75, 3.05) is 40.4 Å². The van der Waals surface area contributed by atoms with Crippen molar-refractivity contribution in [2.24, 2.45) is 5.92 Å². The highest BCUT2D eigenvalue weighted by atomic mass is 35.5. The molecule has 0 unspecified atom stereocenters. The van der Waals surface area contributed by atoms with E-state index in [1.165, 1.54) is 5.56 Å². The number of carbonyl (C=O) groups is 1. The number of amides is 1. The average molecular weight is 325 g/mol. The van der Waals surface area contributed by atoms with Gasteiger partial charge in [0, 0.05) is 31.1 Å². The van der Waals surface area contributed by atoms with Crippen molar-refractivity contribution in [3.63, 3.8) is 0 Å². The molecule has 1 aromatic rings. The number of methoxy groups -OCH3 is 1. The number of nitrogens with zero attached hydrogens (tertiary/aromatic N) is 1. The molecule has 0 aromatic heterocycles. The van der Waals surface area contributed by atoms with E-state index in [2.05, 4.69) is 23.3 Å². The van der Waals surface area contributed by atoms with E-state index in [0.29, 0.717) is 5.92 Å². The molecule has 1 aliphatic carbocycles. The highest BCUT2D eigenvalue weighted by molar-refractivity contribution is 6.30. The lowest BCUT2D eigenvalue weighted by molar-refractivity contribution is -0.122. The van der Waals surface area contributed by atoms with Crippen molar-refractivity contribution in [3.8, 4) is 0 Å². The van der Waals surface area contributed by atoms with Crippen LogP contribution in [-0.4, -0.2) is 51.2 Å². The lowest BCUT2D eigenvalue weighted by atomic mass is 10.1. The van der Waals surface area contributed by atoms with Gasteiger partial charge in [-0.25, -0.2) is 0 Å². The highest BCUT2D eigenvalue weighted by Crippen LogP contribution is 2.47. The highest BCUT2D eigenvalue weighted by Gasteiger charge is 2.43. The van der Waals surface area contributed by atoms with Crippen LogP contribution in [0.2, 0.25) is 5.02 Å². The van der Waals surface area contributed by atoms with Crippen LogP contribution in [0.4, 0.5) is 0 Å². The van der Waals surface area contributed by atoms with Gasteiger partial charge in [-0.2, -0.15) is 0 Å². The summed E-state index contributed by atoms with van der Waals surface area (Å²) in [6.45, 7) is 3.36. The molecule has 122 valence electrons. The predicted molar refractivity (Wildman–Crippen MR) is 89.3 cm³/mol. The molecule has 1 aliphatic rings. The SMILES string of the molecule is COCCN(C)CCCNC(=O)[C@H]1C[C@H]1c1cccc(Cl)c1. The topological polar surface area (TPSA) is 41.6 Å². The summed E-state index contributed by atoms with van der Waals surface area (Å²) < 4.78 is 5.04. The molecule has 1 saturated carbocycles. The van der Waals surface area contributed by atoms with E-state index in [-0.39, 0.29) is 11.8 Å². The number of ether oxygens (including phenoxy) is 1. The van der Waals surface area contributed by atoms with Crippen LogP contribution in [0.1, 0.15) is 24.3 Å². The first kappa shape index (κ1) is 17.3. The van der Waals surface area contributed by atoms with Crippen molar-refractivity contribution in [1.29, 1.82) is 0 Å². The number of hydrogen-bond acceptors (Lipinski definition) is 3. The van der Waals surface area contributed by atoms with Gasteiger partial charge in [0.2, 0.25) is 5.91 Å². The Balaban J connectivity index is 1.63. The third kappa shape index (κ3) is 5.27. The molecule has 1 aromatic carbocycles. The number of benzene rings is 1. The third-order valence-electron chi connectivity index (χ3n) is 4.10. The van der Waals surface area contributed by atoms with Crippen LogP contribution >= 0.6 is 11.6 Å². The minimum atomic E-state index is 0.115. The Bertz CT molecular complexity index is 495. The second kappa shape index (κ2) is 8.51. The summed E-state index contributed by atoms with van der Waals surface area (Å²) in [4.78, 5) is 14.3. The minimum Gasteiger partial charge on any atom is -0.383 e. The van der Waals surface area contributed by atoms with Gasteiger partial charge < -0.3 is 15.0 Å². The number of halogens is 1. The van der Waals surface area contributed by atoms with Gasteiger partial charge in [-0.15, -0.1) is 0 Å². The van der Waals surface area contributed by atoms with Crippen molar-refractivity contribution in [1.82, 2.24) is 10.2 Å². The van der Waals surface area contributed by atoms with Gasteiger partial charge in [-0.05, 0) is 50.0 Å².